The van der Waals surface area contributed by atoms with Crippen LogP contribution in [0.2, 0.25) is 5.02 Å². The summed E-state index contributed by atoms with van der Waals surface area (Å²) in [5, 5.41) is 9.95. The van der Waals surface area contributed by atoms with E-state index in [9.17, 15) is 5.26 Å². The number of ether oxygens (including phenoxy) is 2. The van der Waals surface area contributed by atoms with Crippen molar-refractivity contribution in [2.45, 2.75) is 6.92 Å². The highest BCUT2D eigenvalue weighted by Gasteiger charge is 2.08. The molecule has 0 aromatic heterocycles. The second-order valence-electron chi connectivity index (χ2n) is 4.49. The lowest BCUT2D eigenvalue weighted by atomic mass is 10.0. The van der Waals surface area contributed by atoms with Crippen LogP contribution < -0.4 is 9.47 Å². The number of hydrogen-bond acceptors (Lipinski definition) is 3. The van der Waals surface area contributed by atoms with E-state index >= 15 is 0 Å². The molecule has 2 aromatic carbocycles. The van der Waals surface area contributed by atoms with Gasteiger partial charge < -0.3 is 9.47 Å². The summed E-state index contributed by atoms with van der Waals surface area (Å²) in [5.41, 5.74) is 2.05. The van der Waals surface area contributed by atoms with E-state index < -0.39 is 0 Å². The van der Waals surface area contributed by atoms with Gasteiger partial charge in [0.05, 0.1) is 25.4 Å². The van der Waals surface area contributed by atoms with Gasteiger partial charge in [0.2, 0.25) is 0 Å². The molecule has 2 rings (SSSR count). The highest BCUT2D eigenvalue weighted by atomic mass is 35.5. The van der Waals surface area contributed by atoms with Gasteiger partial charge >= 0.3 is 0 Å². The van der Waals surface area contributed by atoms with Crippen LogP contribution in [0.4, 0.5) is 0 Å². The zero-order valence-corrected chi connectivity index (χ0v) is 13.2. The van der Waals surface area contributed by atoms with Crippen molar-refractivity contribution in [2.75, 3.05) is 13.7 Å². The molecule has 0 heterocycles. The largest absolute Gasteiger partial charge is 0.493 e. The van der Waals surface area contributed by atoms with Crippen molar-refractivity contribution < 1.29 is 9.47 Å². The van der Waals surface area contributed by atoms with E-state index in [1.807, 2.05) is 43.3 Å². The minimum Gasteiger partial charge on any atom is -0.493 e. The third-order valence-corrected chi connectivity index (χ3v) is 3.41. The van der Waals surface area contributed by atoms with Gasteiger partial charge in [-0.2, -0.15) is 5.26 Å². The predicted octanol–water partition coefficient (Wildman–Crippen LogP) is 4.81. The zero-order valence-electron chi connectivity index (χ0n) is 12.5. The minimum atomic E-state index is 0.497. The Morgan fingerprint density at radius 3 is 2.64 bits per heavy atom. The van der Waals surface area contributed by atoms with Crippen molar-refractivity contribution in [1.82, 2.24) is 0 Å². The molecule has 0 aliphatic rings. The molecule has 112 valence electrons. The fraction of sp³-hybridized carbons (Fsp3) is 0.167. The summed E-state index contributed by atoms with van der Waals surface area (Å²) in [6.45, 7) is 2.48. The Bertz CT molecular complexity index is 732. The molecule has 0 aliphatic carbocycles. The summed E-state index contributed by atoms with van der Waals surface area (Å²) in [4.78, 5) is 0. The van der Waals surface area contributed by atoms with Gasteiger partial charge in [0.15, 0.2) is 11.5 Å². The van der Waals surface area contributed by atoms with E-state index in [-0.39, 0.29) is 0 Å². The van der Waals surface area contributed by atoms with E-state index in [4.69, 9.17) is 21.1 Å². The molecule has 0 atom stereocenters. The maximum Gasteiger partial charge on any atom is 0.161 e. The van der Waals surface area contributed by atoms with Crippen molar-refractivity contribution in [3.05, 3.63) is 58.6 Å². The lowest BCUT2D eigenvalue weighted by Crippen LogP contribution is -1.95. The van der Waals surface area contributed by atoms with Crippen LogP contribution in [0.3, 0.4) is 0 Å². The molecular weight excluding hydrogens is 298 g/mol. The van der Waals surface area contributed by atoms with Gasteiger partial charge in [-0.1, -0.05) is 35.9 Å². The molecule has 0 saturated carbocycles. The lowest BCUT2D eigenvalue weighted by Gasteiger charge is -2.10. The smallest absolute Gasteiger partial charge is 0.161 e. The summed E-state index contributed by atoms with van der Waals surface area (Å²) in [5.74, 6) is 1.31. The average Bonchev–Trinajstić information content (AvgIpc) is 2.54. The molecule has 2 aromatic rings. The SMILES string of the molecule is CCOc1ccc(C=C(C#N)c2ccccc2Cl)cc1OC. The number of nitrogens with zero attached hydrogens (tertiary/aromatic N) is 1. The lowest BCUT2D eigenvalue weighted by molar-refractivity contribution is 0.311. The van der Waals surface area contributed by atoms with Crippen molar-refractivity contribution in [2.24, 2.45) is 0 Å². The van der Waals surface area contributed by atoms with Crippen LogP contribution in [-0.2, 0) is 0 Å². The second-order valence-corrected chi connectivity index (χ2v) is 4.90. The first-order valence-corrected chi connectivity index (χ1v) is 7.25. The molecule has 0 saturated heterocycles. The zero-order chi connectivity index (χ0) is 15.9. The van der Waals surface area contributed by atoms with Gasteiger partial charge in [-0.05, 0) is 36.8 Å². The van der Waals surface area contributed by atoms with Crippen LogP contribution in [0, 0.1) is 11.3 Å². The average molecular weight is 314 g/mol. The summed E-state index contributed by atoms with van der Waals surface area (Å²) in [6.07, 6.45) is 1.78. The Morgan fingerprint density at radius 1 is 1.23 bits per heavy atom. The maximum atomic E-state index is 9.40. The Balaban J connectivity index is 2.43. The number of hydrogen-bond donors (Lipinski definition) is 0. The number of allylic oxidation sites excluding steroid dienone is 1. The number of rotatable bonds is 5. The summed E-state index contributed by atoms with van der Waals surface area (Å²) in [6, 6.07) is 15.0. The third-order valence-electron chi connectivity index (χ3n) is 3.08. The molecule has 0 radical (unpaired) electrons. The number of halogens is 1. The Hall–Kier alpha value is -2.44. The van der Waals surface area contributed by atoms with Crippen LogP contribution in [0.25, 0.3) is 11.6 Å². The first-order chi connectivity index (χ1) is 10.7. The van der Waals surface area contributed by atoms with E-state index in [1.54, 1.807) is 19.3 Å². The minimum absolute atomic E-state index is 0.497. The van der Waals surface area contributed by atoms with Crippen LogP contribution >= 0.6 is 11.6 Å². The van der Waals surface area contributed by atoms with Crippen molar-refractivity contribution in [3.8, 4) is 17.6 Å². The first-order valence-electron chi connectivity index (χ1n) is 6.87. The van der Waals surface area contributed by atoms with Gasteiger partial charge in [0, 0.05) is 10.6 Å². The Kier molecular flexibility index (Phi) is 5.46. The van der Waals surface area contributed by atoms with Crippen molar-refractivity contribution >= 4 is 23.3 Å². The van der Waals surface area contributed by atoms with Gasteiger partial charge in [-0.25, -0.2) is 0 Å². The molecule has 0 aliphatic heterocycles. The maximum absolute atomic E-state index is 9.40. The van der Waals surface area contributed by atoms with Crippen LogP contribution in [0.15, 0.2) is 42.5 Å². The second kappa shape index (κ2) is 7.53. The summed E-state index contributed by atoms with van der Waals surface area (Å²) >= 11 is 6.15. The normalized spacial score (nSPS) is 10.9. The standard InChI is InChI=1S/C18H16ClNO2/c1-3-22-17-9-8-13(11-18(17)21-2)10-14(12-20)15-6-4-5-7-16(15)19/h4-11H,3H2,1-2H3. The van der Waals surface area contributed by atoms with E-state index in [0.717, 1.165) is 5.56 Å². The molecule has 0 spiro atoms. The highest BCUT2D eigenvalue weighted by molar-refractivity contribution is 6.32. The van der Waals surface area contributed by atoms with Gasteiger partial charge in [0.1, 0.15) is 0 Å². The molecule has 0 bridgehead atoms. The van der Waals surface area contributed by atoms with E-state index in [0.29, 0.717) is 34.3 Å². The van der Waals surface area contributed by atoms with E-state index in [2.05, 4.69) is 6.07 Å². The molecule has 3 nitrogen and oxygen atoms in total. The Labute approximate surface area is 135 Å². The first kappa shape index (κ1) is 15.9. The fourth-order valence-electron chi connectivity index (χ4n) is 2.07. The summed E-state index contributed by atoms with van der Waals surface area (Å²) < 4.78 is 10.8. The quantitative estimate of drug-likeness (QED) is 0.587. The predicted molar refractivity (Wildman–Crippen MR) is 89.1 cm³/mol. The van der Waals surface area contributed by atoms with E-state index in [1.165, 1.54) is 0 Å². The molecular formula is C18H16ClNO2. The molecule has 22 heavy (non-hydrogen) atoms. The Morgan fingerprint density at radius 2 is 2.00 bits per heavy atom. The molecule has 0 fully saturated rings. The van der Waals surface area contributed by atoms with Gasteiger partial charge in [0.25, 0.3) is 0 Å². The van der Waals surface area contributed by atoms with Crippen LogP contribution in [0.5, 0.6) is 11.5 Å². The molecule has 0 amide bonds. The number of nitriles is 1. The number of methoxy groups -OCH3 is 1. The summed E-state index contributed by atoms with van der Waals surface area (Å²) in [7, 11) is 1.59. The molecule has 0 N–H and O–H groups in total. The fourth-order valence-corrected chi connectivity index (χ4v) is 2.30. The van der Waals surface area contributed by atoms with Gasteiger partial charge in [-0.15, -0.1) is 0 Å². The van der Waals surface area contributed by atoms with Crippen LogP contribution in [-0.4, -0.2) is 13.7 Å². The van der Waals surface area contributed by atoms with Crippen molar-refractivity contribution in [1.29, 1.82) is 5.26 Å². The van der Waals surface area contributed by atoms with Crippen LogP contribution in [0.1, 0.15) is 18.1 Å². The van der Waals surface area contributed by atoms with Crippen molar-refractivity contribution in [3.63, 3.8) is 0 Å². The van der Waals surface area contributed by atoms with Gasteiger partial charge in [-0.3, -0.25) is 0 Å². The topological polar surface area (TPSA) is 42.2 Å². The highest BCUT2D eigenvalue weighted by Crippen LogP contribution is 2.31. The molecule has 0 unspecified atom stereocenters. The monoisotopic (exact) mass is 313 g/mol. The molecule has 4 heteroatoms. The third kappa shape index (κ3) is 3.60. The number of benzene rings is 2.